The molecule has 0 aliphatic carbocycles. The fourth-order valence-corrected chi connectivity index (χ4v) is 14.6. The molecule has 4 fully saturated rings. The van der Waals surface area contributed by atoms with Crippen LogP contribution in [0.15, 0.2) is 83.9 Å². The molecule has 500 valence electrons. The van der Waals surface area contributed by atoms with Gasteiger partial charge in [0.1, 0.15) is 49.9 Å². The van der Waals surface area contributed by atoms with Crippen molar-refractivity contribution in [2.24, 2.45) is 22.7 Å². The highest BCUT2D eigenvalue weighted by Gasteiger charge is 2.46. The topological polar surface area (TPSA) is 359 Å². The number of carbonyl (C=O) groups excluding carboxylic acids is 7. The van der Waals surface area contributed by atoms with Crippen molar-refractivity contribution in [1.29, 1.82) is 0 Å². The number of carboxylic acids is 1. The van der Waals surface area contributed by atoms with E-state index in [9.17, 15) is 60.3 Å². The lowest BCUT2D eigenvalue weighted by Gasteiger charge is -2.36. The van der Waals surface area contributed by atoms with Gasteiger partial charge in [0.25, 0.3) is 17.7 Å². The largest absolute Gasteiger partial charge is 0.481 e. The van der Waals surface area contributed by atoms with E-state index in [-0.39, 0.29) is 78.4 Å². The van der Waals surface area contributed by atoms with Crippen LogP contribution in [-0.4, -0.2) is 167 Å². The number of aromatic nitrogens is 2. The molecule has 7 heterocycles. The van der Waals surface area contributed by atoms with E-state index in [4.69, 9.17) is 14.8 Å². The molecule has 2 aromatic carbocycles. The number of rotatable bonds is 10. The maximum Gasteiger partial charge on any atom is 0.316 e. The highest BCUT2D eigenvalue weighted by Crippen LogP contribution is 2.38. The second kappa shape index (κ2) is 30.7. The Labute approximate surface area is 545 Å². The molecule has 6 amide bonds. The zero-order valence-corrected chi connectivity index (χ0v) is 56.3. The van der Waals surface area contributed by atoms with Crippen molar-refractivity contribution in [2.45, 2.75) is 155 Å². The van der Waals surface area contributed by atoms with Gasteiger partial charge in [-0.05, 0) is 127 Å². The molecule has 28 heteroatoms. The van der Waals surface area contributed by atoms with Crippen LogP contribution in [0, 0.1) is 22.7 Å². The van der Waals surface area contributed by atoms with Crippen LogP contribution in [0.5, 0.6) is 0 Å². The molecule has 5 aliphatic rings. The molecule has 0 saturated carbocycles. The lowest BCUT2D eigenvalue weighted by Crippen LogP contribution is -2.61. The Balaban J connectivity index is 0.000000224. The second-order valence-corrected chi connectivity index (χ2v) is 30.6. The van der Waals surface area contributed by atoms with Gasteiger partial charge in [0, 0.05) is 28.3 Å². The summed E-state index contributed by atoms with van der Waals surface area (Å²) in [6, 6.07) is 15.3. The molecule has 2 aromatic heterocycles. The van der Waals surface area contributed by atoms with Crippen LogP contribution in [0.3, 0.4) is 0 Å². The number of ether oxygens (including phenoxy) is 1. The third-order valence-corrected chi connectivity index (χ3v) is 21.1. The summed E-state index contributed by atoms with van der Waals surface area (Å²) in [5, 5.41) is 34.6. The number of nitrogens with zero attached hydrogens (tertiary/aromatic N) is 4. The predicted molar refractivity (Wildman–Crippen MR) is 348 cm³/mol. The maximum atomic E-state index is 13.9. The molecule has 1 spiro atoms. The summed E-state index contributed by atoms with van der Waals surface area (Å²) < 4.78 is 53.6. The number of carbonyl (C=O) groups is 8. The highest BCUT2D eigenvalue weighted by molar-refractivity contribution is 9.10. The summed E-state index contributed by atoms with van der Waals surface area (Å²) in [5.74, 6) is -5.36. The molecular formula is C64H85BrN10O15S2. The number of amides is 6. The number of pyridine rings is 2. The van der Waals surface area contributed by atoms with Gasteiger partial charge in [-0.3, -0.25) is 58.3 Å². The number of fused-ring (bicyclic) bond motifs is 5. The van der Waals surface area contributed by atoms with Gasteiger partial charge in [-0.25, -0.2) is 27.7 Å². The minimum absolute atomic E-state index is 0.0149. The molecule has 0 unspecified atom stereocenters. The summed E-state index contributed by atoms with van der Waals surface area (Å²) in [6.45, 7) is 17.9. The standard InChI is InChI=1S/C32H41N5O7S.C24H32BrN5O4.C8H12O4S/c1-19(2)27-29(39)34-21(4)30(40)37-15-5-6-25(36-37)28(38)33-20(3)24-10-9-23-8-7-22(18-26(23)35-24)11-12-32(31(41)44-27)13-16-45(42,43)17-14-32;1-13(2)21(31)23(33)27-15(4)24(34)30-11-5-6-19(29-30)22(32)26-14(3)18-10-8-16-7-9-17(25)12-20(16)28-18;1-2-8(7(9)10)3-5-13(11,12)6-4-8/h7-12,18-21,25,27,36H,5-6,13-17H2,1-4H3,(H,33,38)(H,34,39);7-10,12-15,19,21,29,31H,5-6,11H2,1-4H3,(H,26,32)(H,27,33);2H,1,3-6H2,(H,9,10)/b12-11+;;/t20-,21+,25+,27+;14-,15+,19+,21+;/m11./s1. The fourth-order valence-electron chi connectivity index (χ4n) is 11.1. The molecule has 4 saturated heterocycles. The number of benzene rings is 2. The second-order valence-electron chi connectivity index (χ2n) is 25.0. The van der Waals surface area contributed by atoms with E-state index in [1.54, 1.807) is 46.8 Å². The minimum Gasteiger partial charge on any atom is -0.481 e. The first-order chi connectivity index (χ1) is 43.2. The van der Waals surface area contributed by atoms with E-state index in [2.05, 4.69) is 59.6 Å². The molecule has 9 rings (SSSR count). The van der Waals surface area contributed by atoms with Gasteiger partial charge < -0.3 is 36.2 Å². The number of esters is 1. The van der Waals surface area contributed by atoms with Gasteiger partial charge in [0.2, 0.25) is 17.7 Å². The zero-order valence-electron chi connectivity index (χ0n) is 53.1. The molecule has 8 N–H and O–H groups in total. The summed E-state index contributed by atoms with van der Waals surface area (Å²) in [6.07, 6.45) is 5.04. The van der Waals surface area contributed by atoms with Crippen LogP contribution in [0.4, 0.5) is 0 Å². The first kappa shape index (κ1) is 72.2. The lowest BCUT2D eigenvalue weighted by molar-refractivity contribution is -0.167. The Morgan fingerprint density at radius 1 is 0.761 bits per heavy atom. The number of cyclic esters (lactones) is 1. The zero-order chi connectivity index (χ0) is 67.6. The Bertz CT molecular complexity index is 3690. The predicted octanol–water partition coefficient (Wildman–Crippen LogP) is 4.85. The average molecular weight is 1380 g/mol. The Morgan fingerprint density at radius 3 is 1.99 bits per heavy atom. The lowest BCUT2D eigenvalue weighted by atomic mass is 9.81. The van der Waals surface area contributed by atoms with Crippen molar-refractivity contribution in [2.75, 3.05) is 36.1 Å². The fraction of sp³-hybridized carbons (Fsp3) is 0.531. The Hall–Kier alpha value is -7.24. The molecule has 5 aliphatic heterocycles. The van der Waals surface area contributed by atoms with E-state index < -0.39 is 108 Å². The van der Waals surface area contributed by atoms with E-state index in [1.807, 2.05) is 74.5 Å². The average Bonchev–Trinajstić information content (AvgIpc) is 0.892. The van der Waals surface area contributed by atoms with Crippen molar-refractivity contribution in [3.8, 4) is 0 Å². The number of sulfone groups is 2. The number of hydrogen-bond acceptors (Lipinski definition) is 18. The summed E-state index contributed by atoms with van der Waals surface area (Å²) in [7, 11) is -6.33. The minimum atomic E-state index is -3.32. The van der Waals surface area contributed by atoms with E-state index >= 15 is 0 Å². The number of aliphatic hydroxyl groups is 1. The molecule has 0 radical (unpaired) electrons. The number of hydrogen-bond donors (Lipinski definition) is 8. The molecule has 4 aromatic rings. The summed E-state index contributed by atoms with van der Waals surface area (Å²) in [5.41, 5.74) is 7.35. The first-order valence-corrected chi connectivity index (χ1v) is 35.4. The van der Waals surface area contributed by atoms with Crippen LogP contribution in [0.2, 0.25) is 0 Å². The number of carboxylic acid groups (broad SMARTS) is 1. The van der Waals surface area contributed by atoms with Crippen molar-refractivity contribution in [3.63, 3.8) is 0 Å². The van der Waals surface area contributed by atoms with Gasteiger partial charge >= 0.3 is 11.9 Å². The normalized spacial score (nSPS) is 24.4. The number of aliphatic carboxylic acids is 1. The monoisotopic (exact) mass is 1380 g/mol. The molecule has 25 nitrogen and oxygen atoms in total. The van der Waals surface area contributed by atoms with Crippen LogP contribution < -0.4 is 32.1 Å². The Kier molecular flexibility index (Phi) is 24.1. The van der Waals surface area contributed by atoms with E-state index in [1.165, 1.54) is 23.0 Å². The van der Waals surface area contributed by atoms with Gasteiger partial charge in [0.15, 0.2) is 6.10 Å². The van der Waals surface area contributed by atoms with E-state index in [0.717, 1.165) is 32.0 Å². The SMILES string of the molecule is C=CC1(C(=O)O)CCS(=O)(=O)CC1.CC(C)[C@@H]1OC(=O)C2(/C=C/c3ccc4ccc(nc4c3)[C@@H](C)NC(=O)[C@@H]3CCCN(N3)C(=O)[C@H](C)NC1=O)CCS(=O)(=O)CC2.CC(C)[C@H](O)C(=O)N[C@@H](C)C(=O)N1CCC[C@@H](C(=O)N[C@H](C)c2ccc3ccc(Br)cc3n2)N1. The quantitative estimate of drug-likeness (QED) is 0.0777. The number of aliphatic hydroxyl groups excluding tert-OH is 1. The molecule has 92 heavy (non-hydrogen) atoms. The smallest absolute Gasteiger partial charge is 0.316 e. The van der Waals surface area contributed by atoms with Crippen LogP contribution in [0.25, 0.3) is 27.9 Å². The Morgan fingerprint density at radius 2 is 1.36 bits per heavy atom. The van der Waals surface area contributed by atoms with Gasteiger partial charge in [-0.15, -0.1) is 6.58 Å². The number of halogens is 1. The molecule has 8 atom stereocenters. The van der Waals surface area contributed by atoms with Gasteiger partial charge in [-0.2, -0.15) is 0 Å². The summed E-state index contributed by atoms with van der Waals surface area (Å²) >= 11 is 3.45. The van der Waals surface area contributed by atoms with Crippen molar-refractivity contribution < 1.29 is 70.1 Å². The van der Waals surface area contributed by atoms with Crippen LogP contribution >= 0.6 is 15.9 Å². The third kappa shape index (κ3) is 18.3. The van der Waals surface area contributed by atoms with Crippen molar-refractivity contribution in [1.82, 2.24) is 52.1 Å². The van der Waals surface area contributed by atoms with Crippen LogP contribution in [-0.2, 0) is 62.8 Å². The summed E-state index contributed by atoms with van der Waals surface area (Å²) in [4.78, 5) is 112. The third-order valence-electron chi connectivity index (χ3n) is 17.3. The van der Waals surface area contributed by atoms with Crippen molar-refractivity contribution >= 4 is 111 Å². The van der Waals surface area contributed by atoms with Gasteiger partial charge in [0.05, 0.1) is 68.3 Å². The number of hydrazine groups is 2. The van der Waals surface area contributed by atoms with Gasteiger partial charge in [-0.1, -0.05) is 92.2 Å². The first-order valence-electron chi connectivity index (χ1n) is 30.9. The molecule has 5 bridgehead atoms. The van der Waals surface area contributed by atoms with Crippen LogP contribution in [0.1, 0.15) is 136 Å². The highest BCUT2D eigenvalue weighted by atomic mass is 79.9. The van der Waals surface area contributed by atoms with Crippen molar-refractivity contribution in [3.05, 3.63) is 101 Å². The number of nitrogens with one attached hydrogen (secondary N) is 6. The maximum absolute atomic E-state index is 13.9. The molecular weight excluding hydrogens is 1290 g/mol. The van der Waals surface area contributed by atoms with E-state index in [0.29, 0.717) is 50.0 Å².